The Labute approximate surface area is 114 Å². The van der Waals surface area contributed by atoms with Gasteiger partial charge >= 0.3 is 0 Å². The fourth-order valence-electron chi connectivity index (χ4n) is 4.30. The van der Waals surface area contributed by atoms with Crippen LogP contribution >= 0.6 is 0 Å². The molecule has 0 spiro atoms. The Kier molecular flexibility index (Phi) is 3.03. The first kappa shape index (κ1) is 12.2. The van der Waals surface area contributed by atoms with Crippen molar-refractivity contribution in [2.75, 3.05) is 26.2 Å². The fraction of sp³-hybridized carbons (Fsp3) is 0.933. The van der Waals surface area contributed by atoms with Crippen LogP contribution in [0.3, 0.4) is 0 Å². The predicted molar refractivity (Wildman–Crippen MR) is 71.7 cm³/mol. The number of ether oxygens (including phenoxy) is 1. The van der Waals surface area contributed by atoms with E-state index in [-0.39, 0.29) is 12.0 Å². The number of carbonyl (C=O) groups excluding carboxylic acids is 1. The number of hydrogen-bond donors (Lipinski definition) is 1. The Bertz CT molecular complexity index is 363. The first-order valence-electron chi connectivity index (χ1n) is 7.93. The standard InChI is InChI=1S/C15H24N2O2/c18-15(12-5-10-4-11(10)6-12)16-7-14-8-17-3-1-2-13(17)9-19-14/h10-14H,1-9H2,(H,16,18). The van der Waals surface area contributed by atoms with E-state index in [9.17, 15) is 4.79 Å². The zero-order chi connectivity index (χ0) is 12.8. The van der Waals surface area contributed by atoms with Crippen molar-refractivity contribution < 1.29 is 9.53 Å². The minimum absolute atomic E-state index is 0.203. The molecule has 0 aromatic carbocycles. The maximum Gasteiger partial charge on any atom is 0.223 e. The van der Waals surface area contributed by atoms with E-state index in [1.54, 1.807) is 0 Å². The van der Waals surface area contributed by atoms with Crippen LogP contribution in [-0.2, 0) is 9.53 Å². The molecular weight excluding hydrogens is 240 g/mol. The maximum absolute atomic E-state index is 12.1. The number of morpholine rings is 1. The summed E-state index contributed by atoms with van der Waals surface area (Å²) in [7, 11) is 0. The number of nitrogens with one attached hydrogen (secondary N) is 1. The summed E-state index contributed by atoms with van der Waals surface area (Å²) in [6.07, 6.45) is 6.44. The summed E-state index contributed by atoms with van der Waals surface area (Å²) >= 11 is 0. The molecule has 4 unspecified atom stereocenters. The first-order valence-corrected chi connectivity index (χ1v) is 7.93. The average Bonchev–Trinajstić information content (AvgIpc) is 2.87. The Balaban J connectivity index is 1.22. The third kappa shape index (κ3) is 2.40. The lowest BCUT2D eigenvalue weighted by molar-refractivity contribution is -0.126. The van der Waals surface area contributed by atoms with Gasteiger partial charge in [0.25, 0.3) is 0 Å². The van der Waals surface area contributed by atoms with Crippen LogP contribution in [0.1, 0.15) is 32.1 Å². The van der Waals surface area contributed by atoms with Crippen LogP contribution in [0.15, 0.2) is 0 Å². The maximum atomic E-state index is 12.1. The Morgan fingerprint density at radius 2 is 2.11 bits per heavy atom. The van der Waals surface area contributed by atoms with Crippen molar-refractivity contribution in [3.63, 3.8) is 0 Å². The van der Waals surface area contributed by atoms with Gasteiger partial charge in [-0.2, -0.15) is 0 Å². The Hall–Kier alpha value is -0.610. The van der Waals surface area contributed by atoms with E-state index in [0.29, 0.717) is 18.5 Å². The topological polar surface area (TPSA) is 41.6 Å². The monoisotopic (exact) mass is 264 g/mol. The molecule has 1 N–H and O–H groups in total. The fourth-order valence-corrected chi connectivity index (χ4v) is 4.30. The smallest absolute Gasteiger partial charge is 0.223 e. The summed E-state index contributed by atoms with van der Waals surface area (Å²) < 4.78 is 5.88. The van der Waals surface area contributed by atoms with Gasteiger partial charge in [-0.15, -0.1) is 0 Å². The van der Waals surface area contributed by atoms with Crippen molar-refractivity contribution in [2.45, 2.75) is 44.2 Å². The van der Waals surface area contributed by atoms with E-state index in [1.165, 1.54) is 25.8 Å². The second-order valence-electron chi connectivity index (χ2n) is 6.92. The Morgan fingerprint density at radius 1 is 1.26 bits per heavy atom. The van der Waals surface area contributed by atoms with Gasteiger partial charge in [0.2, 0.25) is 5.91 Å². The third-order valence-corrected chi connectivity index (χ3v) is 5.58. The highest BCUT2D eigenvalue weighted by molar-refractivity contribution is 5.79. The zero-order valence-corrected chi connectivity index (χ0v) is 11.5. The van der Waals surface area contributed by atoms with E-state index in [0.717, 1.165) is 37.8 Å². The minimum atomic E-state index is 0.203. The van der Waals surface area contributed by atoms with Crippen molar-refractivity contribution in [1.29, 1.82) is 0 Å². The van der Waals surface area contributed by atoms with Gasteiger partial charge in [0.1, 0.15) is 0 Å². The van der Waals surface area contributed by atoms with Crippen molar-refractivity contribution in [3.8, 4) is 0 Å². The normalized spacial score (nSPS) is 44.7. The van der Waals surface area contributed by atoms with E-state index >= 15 is 0 Å². The molecule has 4 aliphatic rings. The van der Waals surface area contributed by atoms with Gasteiger partial charge in [0.15, 0.2) is 0 Å². The number of hydrogen-bond acceptors (Lipinski definition) is 3. The molecular formula is C15H24N2O2. The van der Waals surface area contributed by atoms with Crippen molar-refractivity contribution >= 4 is 5.91 Å². The molecule has 2 aliphatic carbocycles. The lowest BCUT2D eigenvalue weighted by Crippen LogP contribution is -2.50. The molecule has 4 heteroatoms. The van der Waals surface area contributed by atoms with Crippen LogP contribution in [0.25, 0.3) is 0 Å². The third-order valence-electron chi connectivity index (χ3n) is 5.58. The highest BCUT2D eigenvalue weighted by atomic mass is 16.5. The first-order chi connectivity index (χ1) is 9.29. The van der Waals surface area contributed by atoms with Crippen molar-refractivity contribution in [1.82, 2.24) is 10.2 Å². The second-order valence-corrected chi connectivity index (χ2v) is 6.92. The van der Waals surface area contributed by atoms with Gasteiger partial charge in [-0.25, -0.2) is 0 Å². The summed E-state index contributed by atoms with van der Waals surface area (Å²) in [5.41, 5.74) is 0. The summed E-state index contributed by atoms with van der Waals surface area (Å²) in [6, 6.07) is 0.647. The zero-order valence-electron chi connectivity index (χ0n) is 11.5. The van der Waals surface area contributed by atoms with Crippen LogP contribution in [0, 0.1) is 17.8 Å². The highest BCUT2D eigenvalue weighted by Crippen LogP contribution is 2.54. The largest absolute Gasteiger partial charge is 0.373 e. The van der Waals surface area contributed by atoms with Crippen molar-refractivity contribution in [2.24, 2.45) is 17.8 Å². The van der Waals surface area contributed by atoms with E-state index < -0.39 is 0 Å². The second kappa shape index (κ2) is 4.74. The predicted octanol–water partition coefficient (Wildman–Crippen LogP) is 1.01. The molecule has 2 heterocycles. The van der Waals surface area contributed by atoms with Gasteiger partial charge in [0.05, 0.1) is 12.7 Å². The Morgan fingerprint density at radius 3 is 2.95 bits per heavy atom. The lowest BCUT2D eigenvalue weighted by atomic mass is 10.0. The van der Waals surface area contributed by atoms with Gasteiger partial charge in [-0.3, -0.25) is 9.69 Å². The minimum Gasteiger partial charge on any atom is -0.373 e. The van der Waals surface area contributed by atoms with Gasteiger partial charge in [0, 0.05) is 25.0 Å². The molecule has 4 nitrogen and oxygen atoms in total. The van der Waals surface area contributed by atoms with E-state index in [1.807, 2.05) is 0 Å². The molecule has 0 radical (unpaired) electrons. The molecule has 2 aliphatic heterocycles. The van der Waals surface area contributed by atoms with Crippen LogP contribution in [-0.4, -0.2) is 49.2 Å². The van der Waals surface area contributed by atoms with Crippen LogP contribution in [0.4, 0.5) is 0 Å². The average molecular weight is 264 g/mol. The molecule has 106 valence electrons. The van der Waals surface area contributed by atoms with Crippen LogP contribution in [0.5, 0.6) is 0 Å². The lowest BCUT2D eigenvalue weighted by Gasteiger charge is -2.35. The van der Waals surface area contributed by atoms with Crippen molar-refractivity contribution in [3.05, 3.63) is 0 Å². The molecule has 0 aromatic rings. The molecule has 0 aromatic heterocycles. The molecule has 1 amide bonds. The molecule has 4 rings (SSSR count). The summed E-state index contributed by atoms with van der Waals surface area (Å²) in [4.78, 5) is 14.6. The molecule has 4 atom stereocenters. The summed E-state index contributed by atoms with van der Waals surface area (Å²) in [5.74, 6) is 2.34. The molecule has 2 saturated heterocycles. The number of carbonyl (C=O) groups is 1. The summed E-state index contributed by atoms with van der Waals surface area (Å²) in [6.45, 7) is 3.77. The SMILES string of the molecule is O=C(NCC1CN2CCCC2CO1)C1CC2CC2C1. The molecule has 4 fully saturated rings. The quantitative estimate of drug-likeness (QED) is 0.827. The highest BCUT2D eigenvalue weighted by Gasteiger charge is 2.48. The molecule has 0 bridgehead atoms. The van der Waals surface area contributed by atoms with Gasteiger partial charge < -0.3 is 10.1 Å². The van der Waals surface area contributed by atoms with Crippen LogP contribution < -0.4 is 5.32 Å². The number of rotatable bonds is 3. The van der Waals surface area contributed by atoms with Crippen LogP contribution in [0.2, 0.25) is 0 Å². The number of fused-ring (bicyclic) bond motifs is 2. The van der Waals surface area contributed by atoms with E-state index in [4.69, 9.17) is 4.74 Å². The number of amides is 1. The van der Waals surface area contributed by atoms with Gasteiger partial charge in [-0.1, -0.05) is 0 Å². The molecule has 2 saturated carbocycles. The number of nitrogens with zero attached hydrogens (tertiary/aromatic N) is 1. The van der Waals surface area contributed by atoms with E-state index in [2.05, 4.69) is 10.2 Å². The molecule has 19 heavy (non-hydrogen) atoms. The van der Waals surface area contributed by atoms with Gasteiger partial charge in [-0.05, 0) is 50.5 Å². The summed E-state index contributed by atoms with van der Waals surface area (Å²) in [5, 5.41) is 3.12.